The summed E-state index contributed by atoms with van der Waals surface area (Å²) in [6.07, 6.45) is 0.714. The zero-order valence-corrected chi connectivity index (χ0v) is 19.6. The number of anilines is 1. The summed E-state index contributed by atoms with van der Waals surface area (Å²) in [5.41, 5.74) is -1.26. The molecular formula is C24H24F2N6O4. The monoisotopic (exact) mass is 498 g/mol. The SMILES string of the molecule is CCC(C)NC(=O)CCn1c(=O)c2ccccc2n2c(=O)n(CC(=O)Nc3cc(F)ccc3F)nc12. The molecule has 0 saturated heterocycles. The lowest BCUT2D eigenvalue weighted by Crippen LogP contribution is -2.34. The molecular weight excluding hydrogens is 474 g/mol. The molecule has 1 atom stereocenters. The van der Waals surface area contributed by atoms with Crippen LogP contribution < -0.4 is 21.9 Å². The van der Waals surface area contributed by atoms with Crippen molar-refractivity contribution < 1.29 is 18.4 Å². The maximum atomic E-state index is 13.9. The molecule has 0 aliphatic carbocycles. The van der Waals surface area contributed by atoms with Crippen molar-refractivity contribution in [2.75, 3.05) is 5.32 Å². The summed E-state index contributed by atoms with van der Waals surface area (Å²) >= 11 is 0. The highest BCUT2D eigenvalue weighted by Gasteiger charge is 2.20. The fourth-order valence-corrected chi connectivity index (χ4v) is 3.75. The van der Waals surface area contributed by atoms with Crippen LogP contribution in [0.3, 0.4) is 0 Å². The van der Waals surface area contributed by atoms with Crippen molar-refractivity contribution in [1.82, 2.24) is 24.1 Å². The molecule has 2 aromatic heterocycles. The van der Waals surface area contributed by atoms with Crippen LogP contribution >= 0.6 is 0 Å². The van der Waals surface area contributed by atoms with E-state index in [4.69, 9.17) is 0 Å². The number of hydrogen-bond acceptors (Lipinski definition) is 5. The normalized spacial score (nSPS) is 12.1. The van der Waals surface area contributed by atoms with Gasteiger partial charge in [0.15, 0.2) is 0 Å². The van der Waals surface area contributed by atoms with Crippen LogP contribution in [0.2, 0.25) is 0 Å². The van der Waals surface area contributed by atoms with Crippen molar-refractivity contribution in [3.8, 4) is 0 Å². The van der Waals surface area contributed by atoms with Gasteiger partial charge in [0.1, 0.15) is 18.2 Å². The standard InChI is InChI=1S/C24H24F2N6O4/c1-3-14(2)27-20(33)10-11-30-22(35)16-6-4-5-7-19(16)32-23(30)29-31(24(32)36)13-21(34)28-18-12-15(25)8-9-17(18)26/h4-9,12,14H,3,10-11,13H2,1-2H3,(H,27,33)(H,28,34). The van der Waals surface area contributed by atoms with Crippen LogP contribution in [0.5, 0.6) is 0 Å². The van der Waals surface area contributed by atoms with E-state index in [1.807, 2.05) is 13.8 Å². The van der Waals surface area contributed by atoms with Crippen molar-refractivity contribution in [3.63, 3.8) is 0 Å². The third-order valence-corrected chi connectivity index (χ3v) is 5.76. The van der Waals surface area contributed by atoms with Crippen molar-refractivity contribution in [3.05, 3.63) is 74.9 Å². The van der Waals surface area contributed by atoms with E-state index < -0.39 is 35.3 Å². The summed E-state index contributed by atoms with van der Waals surface area (Å²) in [4.78, 5) is 51.2. The molecule has 1 unspecified atom stereocenters. The molecule has 2 amide bonds. The summed E-state index contributed by atoms with van der Waals surface area (Å²) in [5.74, 6) is -2.73. The first-order valence-corrected chi connectivity index (χ1v) is 11.3. The van der Waals surface area contributed by atoms with Crippen LogP contribution in [0.15, 0.2) is 52.1 Å². The number of nitrogens with zero attached hydrogens (tertiary/aromatic N) is 4. The molecule has 10 nitrogen and oxygen atoms in total. The van der Waals surface area contributed by atoms with Gasteiger partial charge in [0.05, 0.1) is 16.6 Å². The summed E-state index contributed by atoms with van der Waals surface area (Å²) in [5, 5.41) is 9.44. The van der Waals surface area contributed by atoms with E-state index in [0.29, 0.717) is 0 Å². The second kappa shape index (κ2) is 10.1. The van der Waals surface area contributed by atoms with Crippen LogP contribution in [0.25, 0.3) is 16.7 Å². The molecule has 0 saturated carbocycles. The quantitative estimate of drug-likeness (QED) is 0.385. The lowest BCUT2D eigenvalue weighted by atomic mass is 10.2. The van der Waals surface area contributed by atoms with Gasteiger partial charge in [-0.05, 0) is 37.6 Å². The molecule has 36 heavy (non-hydrogen) atoms. The third kappa shape index (κ3) is 4.88. The molecule has 0 spiro atoms. The van der Waals surface area contributed by atoms with E-state index in [2.05, 4.69) is 15.7 Å². The number of carbonyl (C=O) groups is 2. The van der Waals surface area contributed by atoms with Gasteiger partial charge in [0.25, 0.3) is 5.56 Å². The minimum atomic E-state index is -0.845. The van der Waals surface area contributed by atoms with Crippen LogP contribution in [-0.2, 0) is 22.7 Å². The Bertz CT molecular complexity index is 1590. The van der Waals surface area contributed by atoms with Gasteiger partial charge in [0, 0.05) is 25.1 Å². The van der Waals surface area contributed by atoms with Crippen LogP contribution in [-0.4, -0.2) is 36.6 Å². The maximum Gasteiger partial charge on any atom is 0.352 e. The number of fused-ring (bicyclic) bond motifs is 3. The fraction of sp³-hybridized carbons (Fsp3) is 0.292. The van der Waals surface area contributed by atoms with Gasteiger partial charge in [-0.15, -0.1) is 5.10 Å². The number of halogens is 2. The van der Waals surface area contributed by atoms with E-state index in [1.165, 1.54) is 8.97 Å². The number of amides is 2. The average molecular weight is 498 g/mol. The molecule has 0 fully saturated rings. The number of aryl methyl sites for hydroxylation is 1. The maximum absolute atomic E-state index is 13.9. The highest BCUT2D eigenvalue weighted by atomic mass is 19.1. The smallest absolute Gasteiger partial charge is 0.352 e. The van der Waals surface area contributed by atoms with E-state index >= 15 is 0 Å². The number of para-hydroxylation sites is 1. The number of benzene rings is 2. The van der Waals surface area contributed by atoms with E-state index in [0.717, 1.165) is 29.3 Å². The number of rotatable bonds is 8. The second-order valence-electron chi connectivity index (χ2n) is 8.35. The lowest BCUT2D eigenvalue weighted by Gasteiger charge is -2.12. The van der Waals surface area contributed by atoms with Crippen LogP contribution in [0.4, 0.5) is 14.5 Å². The fourth-order valence-electron chi connectivity index (χ4n) is 3.75. The van der Waals surface area contributed by atoms with Crippen LogP contribution in [0.1, 0.15) is 26.7 Å². The van der Waals surface area contributed by atoms with E-state index in [-0.39, 0.29) is 47.3 Å². The van der Waals surface area contributed by atoms with E-state index in [9.17, 15) is 28.0 Å². The predicted molar refractivity (Wildman–Crippen MR) is 129 cm³/mol. The Kier molecular flexibility index (Phi) is 6.95. The Morgan fingerprint density at radius 1 is 1.08 bits per heavy atom. The minimum absolute atomic E-state index is 0.0291. The molecule has 4 rings (SSSR count). The molecule has 0 bridgehead atoms. The first kappa shape index (κ1) is 24.8. The predicted octanol–water partition coefficient (Wildman–Crippen LogP) is 2.03. The van der Waals surface area contributed by atoms with Crippen molar-refractivity contribution in [2.24, 2.45) is 0 Å². The van der Waals surface area contributed by atoms with Gasteiger partial charge >= 0.3 is 5.69 Å². The molecule has 0 aliphatic heterocycles. The first-order chi connectivity index (χ1) is 17.2. The number of hydrogen-bond donors (Lipinski definition) is 2. The zero-order chi connectivity index (χ0) is 26.0. The van der Waals surface area contributed by atoms with Crippen molar-refractivity contribution >= 4 is 34.2 Å². The van der Waals surface area contributed by atoms with E-state index in [1.54, 1.807) is 24.3 Å². The molecule has 2 N–H and O–H groups in total. The van der Waals surface area contributed by atoms with Crippen molar-refractivity contribution in [1.29, 1.82) is 0 Å². The van der Waals surface area contributed by atoms with Gasteiger partial charge in [0.2, 0.25) is 17.6 Å². The van der Waals surface area contributed by atoms with Gasteiger partial charge < -0.3 is 10.6 Å². The molecule has 188 valence electrons. The Hall–Kier alpha value is -4.35. The topological polar surface area (TPSA) is 120 Å². The largest absolute Gasteiger partial charge is 0.354 e. The van der Waals surface area contributed by atoms with Crippen molar-refractivity contribution in [2.45, 2.75) is 45.8 Å². The Labute approximate surface area is 203 Å². The molecule has 12 heteroatoms. The zero-order valence-electron chi connectivity index (χ0n) is 19.6. The number of carbonyl (C=O) groups excluding carboxylic acids is 2. The summed E-state index contributed by atoms with van der Waals surface area (Å²) in [6.45, 7) is 3.13. The summed E-state index contributed by atoms with van der Waals surface area (Å²) in [6, 6.07) is 8.97. The Balaban J connectivity index is 1.72. The summed E-state index contributed by atoms with van der Waals surface area (Å²) in [7, 11) is 0. The van der Waals surface area contributed by atoms with Gasteiger partial charge in [-0.1, -0.05) is 19.1 Å². The highest BCUT2D eigenvalue weighted by Crippen LogP contribution is 2.15. The minimum Gasteiger partial charge on any atom is -0.354 e. The Morgan fingerprint density at radius 2 is 1.83 bits per heavy atom. The number of aromatic nitrogens is 4. The Morgan fingerprint density at radius 3 is 2.58 bits per heavy atom. The lowest BCUT2D eigenvalue weighted by molar-refractivity contribution is -0.122. The second-order valence-corrected chi connectivity index (χ2v) is 8.35. The summed E-state index contributed by atoms with van der Waals surface area (Å²) < 4.78 is 30.5. The third-order valence-electron chi connectivity index (χ3n) is 5.76. The molecule has 0 aliphatic rings. The highest BCUT2D eigenvalue weighted by molar-refractivity contribution is 5.90. The van der Waals surface area contributed by atoms with Gasteiger partial charge in [-0.3, -0.25) is 19.0 Å². The first-order valence-electron chi connectivity index (χ1n) is 11.3. The van der Waals surface area contributed by atoms with Gasteiger partial charge in [-0.2, -0.15) is 0 Å². The average Bonchev–Trinajstić information content (AvgIpc) is 3.16. The van der Waals surface area contributed by atoms with Crippen LogP contribution in [0, 0.1) is 11.6 Å². The van der Waals surface area contributed by atoms with Gasteiger partial charge in [-0.25, -0.2) is 22.7 Å². The molecule has 0 radical (unpaired) electrons. The molecule has 2 aromatic carbocycles. The number of nitrogens with one attached hydrogen (secondary N) is 2. The molecule has 2 heterocycles. The molecule has 4 aromatic rings.